The first-order chi connectivity index (χ1) is 15.8. The Bertz CT molecular complexity index is 1200. The second kappa shape index (κ2) is 9.58. The summed E-state index contributed by atoms with van der Waals surface area (Å²) >= 11 is 5.97. The van der Waals surface area contributed by atoms with Crippen LogP contribution in [0.2, 0.25) is 5.02 Å². The molecule has 0 saturated carbocycles. The fourth-order valence-corrected chi connectivity index (χ4v) is 3.79. The van der Waals surface area contributed by atoms with Crippen molar-refractivity contribution in [1.29, 1.82) is 0 Å². The van der Waals surface area contributed by atoms with Crippen LogP contribution in [-0.4, -0.2) is 22.8 Å². The van der Waals surface area contributed by atoms with Crippen LogP contribution in [0.5, 0.6) is 5.75 Å². The highest BCUT2D eigenvalue weighted by Gasteiger charge is 2.30. The van der Waals surface area contributed by atoms with Gasteiger partial charge in [-0.2, -0.15) is 0 Å². The van der Waals surface area contributed by atoms with Crippen molar-refractivity contribution in [2.24, 2.45) is 0 Å². The smallest absolute Gasteiger partial charge is 0.264 e. The van der Waals surface area contributed by atoms with Crippen LogP contribution in [0.3, 0.4) is 0 Å². The first-order valence-electron chi connectivity index (χ1n) is 10.4. The van der Waals surface area contributed by atoms with Crippen molar-refractivity contribution >= 4 is 29.1 Å². The van der Waals surface area contributed by atoms with Crippen molar-refractivity contribution in [2.45, 2.75) is 32.5 Å². The van der Waals surface area contributed by atoms with E-state index in [1.165, 1.54) is 0 Å². The number of ether oxygens (including phenoxy) is 1. The summed E-state index contributed by atoms with van der Waals surface area (Å²) in [6, 6.07) is 15.0. The van der Waals surface area contributed by atoms with Crippen molar-refractivity contribution < 1.29 is 23.1 Å². The second-order valence-corrected chi connectivity index (χ2v) is 8.17. The normalized spacial score (nSPS) is 15.5. The molecule has 2 amide bonds. The number of nitrogens with zero attached hydrogens (tertiary/aromatic N) is 1. The maximum Gasteiger partial charge on any atom is 0.264 e. The van der Waals surface area contributed by atoms with Gasteiger partial charge in [-0.3, -0.25) is 9.59 Å². The van der Waals surface area contributed by atoms with E-state index in [-0.39, 0.29) is 18.0 Å². The van der Waals surface area contributed by atoms with Gasteiger partial charge in [-0.15, -0.1) is 0 Å². The zero-order chi connectivity index (χ0) is 23.5. The summed E-state index contributed by atoms with van der Waals surface area (Å²) in [7, 11) is 0. The minimum absolute atomic E-state index is 0.136. The summed E-state index contributed by atoms with van der Waals surface area (Å²) < 4.78 is 33.1. The summed E-state index contributed by atoms with van der Waals surface area (Å²) in [5.41, 5.74) is 1.75. The number of nitrogens with one attached hydrogen (secondary N) is 1. The first kappa shape index (κ1) is 22.7. The van der Waals surface area contributed by atoms with E-state index in [9.17, 15) is 18.4 Å². The van der Waals surface area contributed by atoms with Crippen molar-refractivity contribution in [2.75, 3.05) is 5.32 Å². The van der Waals surface area contributed by atoms with Gasteiger partial charge < -0.3 is 15.0 Å². The first-order valence-corrected chi connectivity index (χ1v) is 10.8. The Morgan fingerprint density at radius 2 is 1.88 bits per heavy atom. The minimum Gasteiger partial charge on any atom is -0.480 e. The molecule has 0 spiro atoms. The SMILES string of the molecule is CC[C@@H]1Oc2ccc(NC(=O)c3ccc(F)cc3F)cc2CN(Cc2ccc(Cl)cc2)C1=O. The molecule has 1 heterocycles. The van der Waals surface area contributed by atoms with Gasteiger partial charge in [0.05, 0.1) is 5.56 Å². The Labute approximate surface area is 194 Å². The summed E-state index contributed by atoms with van der Waals surface area (Å²) in [5.74, 6) is -2.01. The van der Waals surface area contributed by atoms with Gasteiger partial charge >= 0.3 is 0 Å². The topological polar surface area (TPSA) is 58.6 Å². The molecule has 1 aliphatic rings. The fourth-order valence-electron chi connectivity index (χ4n) is 3.66. The van der Waals surface area contributed by atoms with Crippen LogP contribution in [0.15, 0.2) is 60.7 Å². The third kappa shape index (κ3) is 5.14. The second-order valence-electron chi connectivity index (χ2n) is 7.74. The monoisotopic (exact) mass is 470 g/mol. The van der Waals surface area contributed by atoms with Crippen LogP contribution < -0.4 is 10.1 Å². The molecule has 5 nitrogen and oxygen atoms in total. The lowest BCUT2D eigenvalue weighted by molar-refractivity contribution is -0.139. The Morgan fingerprint density at radius 3 is 2.58 bits per heavy atom. The zero-order valence-corrected chi connectivity index (χ0v) is 18.5. The molecule has 1 aliphatic heterocycles. The van der Waals surface area contributed by atoms with E-state index in [0.717, 1.165) is 17.7 Å². The highest BCUT2D eigenvalue weighted by Crippen LogP contribution is 2.30. The van der Waals surface area contributed by atoms with Crippen molar-refractivity contribution in [3.63, 3.8) is 0 Å². The molecular formula is C25H21ClF2N2O3. The molecule has 1 N–H and O–H groups in total. The minimum atomic E-state index is -0.948. The fraction of sp³-hybridized carbons (Fsp3) is 0.200. The lowest BCUT2D eigenvalue weighted by Gasteiger charge is -2.23. The van der Waals surface area contributed by atoms with Crippen molar-refractivity contribution in [1.82, 2.24) is 4.90 Å². The van der Waals surface area contributed by atoms with E-state index >= 15 is 0 Å². The van der Waals surface area contributed by atoms with Gasteiger partial charge in [0.2, 0.25) is 0 Å². The van der Waals surface area contributed by atoms with E-state index < -0.39 is 23.6 Å². The van der Waals surface area contributed by atoms with Gasteiger partial charge in [-0.05, 0) is 54.4 Å². The molecule has 8 heteroatoms. The largest absolute Gasteiger partial charge is 0.480 e. The average Bonchev–Trinajstić information content (AvgIpc) is 2.91. The maximum absolute atomic E-state index is 14.0. The van der Waals surface area contributed by atoms with Crippen molar-refractivity contribution in [3.05, 3.63) is 94.0 Å². The Kier molecular flexibility index (Phi) is 6.60. The standard InChI is InChI=1S/C25H21ClF2N2O3/c1-2-22-25(32)30(13-15-3-5-17(26)6-4-15)14-16-11-19(8-10-23(16)33-22)29-24(31)20-9-7-18(27)12-21(20)28/h3-12,22H,2,13-14H2,1H3,(H,29,31)/t22-/m0/s1. The van der Waals surface area contributed by atoms with Crippen LogP contribution in [0.1, 0.15) is 34.8 Å². The third-order valence-corrected chi connectivity index (χ3v) is 5.62. The molecule has 0 saturated heterocycles. The molecular weight excluding hydrogens is 450 g/mol. The van der Waals surface area contributed by atoms with Gasteiger partial charge in [0.25, 0.3) is 11.8 Å². The van der Waals surface area contributed by atoms with Gasteiger partial charge in [0.1, 0.15) is 17.4 Å². The molecule has 0 unspecified atom stereocenters. The molecule has 0 radical (unpaired) electrons. The summed E-state index contributed by atoms with van der Waals surface area (Å²) in [6.45, 7) is 2.51. The highest BCUT2D eigenvalue weighted by atomic mass is 35.5. The molecule has 0 fully saturated rings. The molecule has 170 valence electrons. The number of rotatable bonds is 5. The molecule has 33 heavy (non-hydrogen) atoms. The quantitative estimate of drug-likeness (QED) is 0.530. The zero-order valence-electron chi connectivity index (χ0n) is 17.8. The van der Waals surface area contributed by atoms with E-state index in [2.05, 4.69) is 5.32 Å². The lowest BCUT2D eigenvalue weighted by Crippen LogP contribution is -2.38. The van der Waals surface area contributed by atoms with Crippen LogP contribution in [0.25, 0.3) is 0 Å². The molecule has 4 rings (SSSR count). The Balaban J connectivity index is 1.59. The number of halogens is 3. The lowest BCUT2D eigenvalue weighted by atomic mass is 10.1. The van der Waals surface area contributed by atoms with E-state index in [1.54, 1.807) is 35.2 Å². The van der Waals surface area contributed by atoms with E-state index in [1.807, 2.05) is 19.1 Å². The predicted octanol–water partition coefficient (Wildman–Crippen LogP) is 5.57. The predicted molar refractivity (Wildman–Crippen MR) is 121 cm³/mol. The number of carbonyl (C=O) groups excluding carboxylic acids is 2. The Morgan fingerprint density at radius 1 is 1.12 bits per heavy atom. The summed E-state index contributed by atoms with van der Waals surface area (Å²) in [6.07, 6.45) is -0.134. The molecule has 1 atom stereocenters. The number of benzene rings is 3. The van der Waals surface area contributed by atoms with Crippen LogP contribution in [-0.2, 0) is 17.9 Å². The molecule has 0 aromatic heterocycles. The average molecular weight is 471 g/mol. The number of hydrogen-bond donors (Lipinski definition) is 1. The summed E-state index contributed by atoms with van der Waals surface area (Å²) in [5, 5.41) is 3.23. The van der Waals surface area contributed by atoms with Crippen molar-refractivity contribution in [3.8, 4) is 5.75 Å². The van der Waals surface area contributed by atoms with E-state index in [0.29, 0.717) is 41.1 Å². The molecule has 0 bridgehead atoms. The number of anilines is 1. The van der Waals surface area contributed by atoms with Gasteiger partial charge in [0.15, 0.2) is 6.10 Å². The maximum atomic E-state index is 14.0. The number of amides is 2. The molecule has 3 aromatic carbocycles. The van der Waals surface area contributed by atoms with Crippen LogP contribution >= 0.6 is 11.6 Å². The van der Waals surface area contributed by atoms with Crippen LogP contribution in [0.4, 0.5) is 14.5 Å². The third-order valence-electron chi connectivity index (χ3n) is 5.37. The van der Waals surface area contributed by atoms with Crippen LogP contribution in [0, 0.1) is 11.6 Å². The number of carbonyl (C=O) groups is 2. The van der Waals surface area contributed by atoms with Gasteiger partial charge in [-0.25, -0.2) is 8.78 Å². The molecule has 0 aliphatic carbocycles. The Hall–Kier alpha value is -3.45. The number of fused-ring (bicyclic) bond motifs is 1. The van der Waals surface area contributed by atoms with Gasteiger partial charge in [0, 0.05) is 35.4 Å². The number of hydrogen-bond acceptors (Lipinski definition) is 3. The highest BCUT2D eigenvalue weighted by molar-refractivity contribution is 6.30. The van der Waals surface area contributed by atoms with E-state index in [4.69, 9.17) is 16.3 Å². The van der Waals surface area contributed by atoms with Gasteiger partial charge in [-0.1, -0.05) is 30.7 Å². The molecule has 3 aromatic rings. The summed E-state index contributed by atoms with van der Waals surface area (Å²) in [4.78, 5) is 27.2.